The van der Waals surface area contributed by atoms with Crippen molar-refractivity contribution in [3.05, 3.63) is 28.5 Å². The third kappa shape index (κ3) is 5.66. The van der Waals surface area contributed by atoms with Crippen molar-refractivity contribution in [1.82, 2.24) is 10.3 Å². The summed E-state index contributed by atoms with van der Waals surface area (Å²) < 4.78 is 0. The lowest BCUT2D eigenvalue weighted by atomic mass is 9.85. The zero-order chi connectivity index (χ0) is 16.0. The maximum Gasteiger partial charge on any atom is 0.251 e. The molecule has 118 valence electrons. The standard InChI is InChI=1S/C17H27ClN2O/c1-6-7-14-8-13(9-16(18)20-14)17(21)19-10-15(11(2)3)12(4)5/h8-9,11-12,15H,6-7,10H2,1-5H3,(H,19,21). The molecule has 0 saturated carbocycles. The van der Waals surface area contributed by atoms with Crippen molar-refractivity contribution in [2.75, 3.05) is 6.54 Å². The van der Waals surface area contributed by atoms with Crippen molar-refractivity contribution in [3.63, 3.8) is 0 Å². The molecule has 0 spiro atoms. The van der Waals surface area contributed by atoms with Gasteiger partial charge in [-0.25, -0.2) is 4.98 Å². The number of aryl methyl sites for hydroxylation is 1. The number of carbonyl (C=O) groups excluding carboxylic acids is 1. The number of amides is 1. The highest BCUT2D eigenvalue weighted by Crippen LogP contribution is 2.20. The van der Waals surface area contributed by atoms with Gasteiger partial charge in [-0.1, -0.05) is 52.6 Å². The molecule has 0 fully saturated rings. The number of nitrogens with zero attached hydrogens (tertiary/aromatic N) is 1. The Labute approximate surface area is 133 Å². The Morgan fingerprint density at radius 1 is 1.24 bits per heavy atom. The van der Waals surface area contributed by atoms with Crippen LogP contribution in [0.5, 0.6) is 0 Å². The first-order chi connectivity index (χ1) is 9.85. The molecule has 1 rings (SSSR count). The molecule has 1 amide bonds. The molecule has 0 saturated heterocycles. The van der Waals surface area contributed by atoms with E-state index in [1.54, 1.807) is 6.07 Å². The Morgan fingerprint density at radius 3 is 2.38 bits per heavy atom. The molecule has 1 aromatic rings. The van der Waals surface area contributed by atoms with Gasteiger partial charge in [-0.15, -0.1) is 0 Å². The molecule has 0 atom stereocenters. The molecular weight excluding hydrogens is 284 g/mol. The molecule has 0 aliphatic carbocycles. The molecule has 0 unspecified atom stereocenters. The van der Waals surface area contributed by atoms with Crippen LogP contribution in [0.4, 0.5) is 0 Å². The monoisotopic (exact) mass is 310 g/mol. The normalized spacial score (nSPS) is 11.5. The lowest BCUT2D eigenvalue weighted by Gasteiger charge is -2.25. The van der Waals surface area contributed by atoms with Gasteiger partial charge in [0.05, 0.1) is 0 Å². The number of rotatable bonds is 7. The zero-order valence-corrected chi connectivity index (χ0v) is 14.5. The Morgan fingerprint density at radius 2 is 1.86 bits per heavy atom. The average Bonchev–Trinajstić information content (AvgIpc) is 2.37. The van der Waals surface area contributed by atoms with Crippen LogP contribution in [-0.4, -0.2) is 17.4 Å². The van der Waals surface area contributed by atoms with Crippen LogP contribution in [-0.2, 0) is 6.42 Å². The first-order valence-electron chi connectivity index (χ1n) is 7.79. The van der Waals surface area contributed by atoms with Crippen molar-refractivity contribution in [3.8, 4) is 0 Å². The average molecular weight is 311 g/mol. The van der Waals surface area contributed by atoms with Crippen LogP contribution in [0.1, 0.15) is 57.1 Å². The first kappa shape index (κ1) is 18.0. The van der Waals surface area contributed by atoms with Crippen LogP contribution in [0, 0.1) is 17.8 Å². The maximum atomic E-state index is 12.3. The van der Waals surface area contributed by atoms with Crippen LogP contribution in [0.15, 0.2) is 12.1 Å². The summed E-state index contributed by atoms with van der Waals surface area (Å²) in [7, 11) is 0. The van der Waals surface area contributed by atoms with E-state index in [1.807, 2.05) is 6.07 Å². The second-order valence-electron chi connectivity index (χ2n) is 6.28. The number of halogens is 1. The van der Waals surface area contributed by atoms with Crippen LogP contribution in [0.2, 0.25) is 5.15 Å². The molecular formula is C17H27ClN2O. The number of pyridine rings is 1. The largest absolute Gasteiger partial charge is 0.352 e. The number of hydrogen-bond acceptors (Lipinski definition) is 2. The van der Waals surface area contributed by atoms with Crippen molar-refractivity contribution >= 4 is 17.5 Å². The van der Waals surface area contributed by atoms with E-state index in [1.165, 1.54) is 0 Å². The predicted octanol–water partition coefficient (Wildman–Crippen LogP) is 4.35. The Bertz CT molecular complexity index is 464. The summed E-state index contributed by atoms with van der Waals surface area (Å²) >= 11 is 6.00. The Kier molecular flexibility index (Phi) is 7.16. The van der Waals surface area contributed by atoms with Gasteiger partial charge in [0.1, 0.15) is 5.15 Å². The van der Waals surface area contributed by atoms with Crippen LogP contribution >= 0.6 is 11.6 Å². The molecule has 0 bridgehead atoms. The fourth-order valence-corrected chi connectivity index (χ4v) is 2.85. The fraction of sp³-hybridized carbons (Fsp3) is 0.647. The van der Waals surface area contributed by atoms with Gasteiger partial charge in [0.2, 0.25) is 0 Å². The second kappa shape index (κ2) is 8.38. The van der Waals surface area contributed by atoms with Gasteiger partial charge in [0, 0.05) is 17.8 Å². The highest BCUT2D eigenvalue weighted by Gasteiger charge is 2.19. The minimum atomic E-state index is -0.0667. The quantitative estimate of drug-likeness (QED) is 0.761. The summed E-state index contributed by atoms with van der Waals surface area (Å²) in [5.74, 6) is 1.49. The summed E-state index contributed by atoms with van der Waals surface area (Å²) in [6.45, 7) is 11.5. The van der Waals surface area contributed by atoms with Gasteiger partial charge in [-0.2, -0.15) is 0 Å². The molecule has 1 heterocycles. The highest BCUT2D eigenvalue weighted by atomic mass is 35.5. The van der Waals surface area contributed by atoms with Gasteiger partial charge >= 0.3 is 0 Å². The third-order valence-electron chi connectivity index (χ3n) is 3.83. The van der Waals surface area contributed by atoms with Crippen LogP contribution in [0.25, 0.3) is 0 Å². The molecule has 4 heteroatoms. The van der Waals surface area contributed by atoms with Gasteiger partial charge in [-0.05, 0) is 36.3 Å². The summed E-state index contributed by atoms with van der Waals surface area (Å²) in [5, 5.41) is 3.42. The maximum absolute atomic E-state index is 12.3. The van der Waals surface area contributed by atoms with E-state index in [9.17, 15) is 4.79 Å². The molecule has 21 heavy (non-hydrogen) atoms. The number of aromatic nitrogens is 1. The van der Waals surface area contributed by atoms with Crippen molar-refractivity contribution in [2.24, 2.45) is 17.8 Å². The van der Waals surface area contributed by atoms with Crippen molar-refractivity contribution in [1.29, 1.82) is 0 Å². The molecule has 3 nitrogen and oxygen atoms in total. The summed E-state index contributed by atoms with van der Waals surface area (Å²) in [5.41, 5.74) is 1.48. The molecule has 0 aromatic carbocycles. The lowest BCUT2D eigenvalue weighted by molar-refractivity contribution is 0.0937. The van der Waals surface area contributed by atoms with Crippen LogP contribution < -0.4 is 5.32 Å². The minimum Gasteiger partial charge on any atom is -0.352 e. The SMILES string of the molecule is CCCc1cc(C(=O)NCC(C(C)C)C(C)C)cc(Cl)n1. The van der Waals surface area contributed by atoms with E-state index >= 15 is 0 Å². The first-order valence-corrected chi connectivity index (χ1v) is 8.17. The summed E-state index contributed by atoms with van der Waals surface area (Å²) in [6.07, 6.45) is 1.82. The Hall–Kier alpha value is -1.09. The summed E-state index contributed by atoms with van der Waals surface area (Å²) in [4.78, 5) is 16.5. The highest BCUT2D eigenvalue weighted by molar-refractivity contribution is 6.29. The predicted molar refractivity (Wildman–Crippen MR) is 88.7 cm³/mol. The smallest absolute Gasteiger partial charge is 0.251 e. The van der Waals surface area contributed by atoms with Gasteiger partial charge < -0.3 is 5.32 Å². The van der Waals surface area contributed by atoms with E-state index in [4.69, 9.17) is 11.6 Å². The Balaban J connectivity index is 2.75. The van der Waals surface area contributed by atoms with E-state index in [0.29, 0.717) is 35.0 Å². The topological polar surface area (TPSA) is 42.0 Å². The number of hydrogen-bond donors (Lipinski definition) is 1. The molecule has 0 aliphatic heterocycles. The third-order valence-corrected chi connectivity index (χ3v) is 4.02. The molecule has 1 N–H and O–H groups in total. The lowest BCUT2D eigenvalue weighted by Crippen LogP contribution is -2.34. The molecule has 1 aromatic heterocycles. The van der Waals surface area contributed by atoms with E-state index in [2.05, 4.69) is 44.9 Å². The molecule has 0 aliphatic rings. The number of nitrogens with one attached hydrogen (secondary N) is 1. The van der Waals surface area contributed by atoms with Gasteiger partial charge in [-0.3, -0.25) is 4.79 Å². The minimum absolute atomic E-state index is 0.0667. The number of carbonyl (C=O) groups is 1. The van der Waals surface area contributed by atoms with Gasteiger partial charge in [0.25, 0.3) is 5.91 Å². The molecule has 0 radical (unpaired) electrons. The van der Waals surface area contributed by atoms with E-state index < -0.39 is 0 Å². The van der Waals surface area contributed by atoms with Crippen molar-refractivity contribution < 1.29 is 4.79 Å². The van der Waals surface area contributed by atoms with Crippen molar-refractivity contribution in [2.45, 2.75) is 47.5 Å². The van der Waals surface area contributed by atoms with E-state index in [0.717, 1.165) is 18.5 Å². The second-order valence-corrected chi connectivity index (χ2v) is 6.67. The zero-order valence-electron chi connectivity index (χ0n) is 13.7. The van der Waals surface area contributed by atoms with Crippen LogP contribution in [0.3, 0.4) is 0 Å². The summed E-state index contributed by atoms with van der Waals surface area (Å²) in [6, 6.07) is 3.47. The van der Waals surface area contributed by atoms with E-state index in [-0.39, 0.29) is 5.91 Å². The van der Waals surface area contributed by atoms with Gasteiger partial charge in [0.15, 0.2) is 0 Å². The fourth-order valence-electron chi connectivity index (χ4n) is 2.62.